The summed E-state index contributed by atoms with van der Waals surface area (Å²) >= 11 is 0. The zero-order valence-corrected chi connectivity index (χ0v) is 18.0. The van der Waals surface area contributed by atoms with Gasteiger partial charge in [-0.15, -0.1) is 5.10 Å². The van der Waals surface area contributed by atoms with Gasteiger partial charge >= 0.3 is 6.03 Å². The van der Waals surface area contributed by atoms with Crippen LogP contribution in [0.15, 0.2) is 66.9 Å². The summed E-state index contributed by atoms with van der Waals surface area (Å²) in [6.45, 7) is 0.517. The molecule has 2 amide bonds. The molecule has 33 heavy (non-hydrogen) atoms. The van der Waals surface area contributed by atoms with Gasteiger partial charge in [0.15, 0.2) is 5.65 Å². The van der Waals surface area contributed by atoms with E-state index in [0.29, 0.717) is 18.2 Å². The van der Waals surface area contributed by atoms with Gasteiger partial charge in [0, 0.05) is 23.9 Å². The summed E-state index contributed by atoms with van der Waals surface area (Å²) in [7, 11) is 0. The molecule has 6 rings (SSSR count). The molecule has 0 spiro atoms. The van der Waals surface area contributed by atoms with E-state index >= 15 is 0 Å². The zero-order valence-electron chi connectivity index (χ0n) is 18.0. The molecular weight excluding hydrogens is 416 g/mol. The fourth-order valence-electron chi connectivity index (χ4n) is 4.48. The van der Waals surface area contributed by atoms with Gasteiger partial charge in [-0.25, -0.2) is 9.31 Å². The maximum atomic E-state index is 13.3. The molecule has 0 radical (unpaired) electrons. The number of urea groups is 1. The second kappa shape index (κ2) is 7.90. The van der Waals surface area contributed by atoms with Crippen molar-refractivity contribution in [3.63, 3.8) is 0 Å². The second-order valence-electron chi connectivity index (χ2n) is 8.57. The van der Waals surface area contributed by atoms with Crippen LogP contribution in [0.2, 0.25) is 0 Å². The molecule has 0 unspecified atom stereocenters. The number of nitrogens with one attached hydrogen (secondary N) is 1. The molecule has 8 nitrogen and oxygen atoms in total. The summed E-state index contributed by atoms with van der Waals surface area (Å²) in [5.74, 6) is 0.721. The van der Waals surface area contributed by atoms with Gasteiger partial charge in [0.25, 0.3) is 0 Å². The minimum atomic E-state index is -0.250. The molecule has 1 saturated heterocycles. The quantitative estimate of drug-likeness (QED) is 0.477. The molecule has 2 fully saturated rings. The number of nitrogen functional groups attached to an aromatic ring is 1. The summed E-state index contributed by atoms with van der Waals surface area (Å²) < 4.78 is 1.67. The number of hydrogen-bond donors (Lipinski definition) is 2. The van der Waals surface area contributed by atoms with E-state index in [1.807, 2.05) is 54.7 Å². The first-order chi connectivity index (χ1) is 16.2. The van der Waals surface area contributed by atoms with Crippen molar-refractivity contribution in [1.29, 1.82) is 0 Å². The Morgan fingerprint density at radius 3 is 2.67 bits per heavy atom. The van der Waals surface area contributed by atoms with E-state index in [1.54, 1.807) is 4.52 Å². The van der Waals surface area contributed by atoms with Crippen molar-refractivity contribution in [3.8, 4) is 11.1 Å². The first kappa shape index (κ1) is 19.8. The Morgan fingerprint density at radius 1 is 1.03 bits per heavy atom. The Morgan fingerprint density at radius 2 is 1.85 bits per heavy atom. The van der Waals surface area contributed by atoms with Crippen molar-refractivity contribution < 1.29 is 9.63 Å². The fraction of sp³-hybridized carbons (Fsp3) is 0.240. The number of benzene rings is 2. The third-order valence-corrected chi connectivity index (χ3v) is 6.28. The van der Waals surface area contributed by atoms with Crippen LogP contribution in [0.25, 0.3) is 16.8 Å². The molecule has 2 aromatic heterocycles. The van der Waals surface area contributed by atoms with Crippen LogP contribution >= 0.6 is 0 Å². The van der Waals surface area contributed by atoms with Gasteiger partial charge in [-0.1, -0.05) is 42.5 Å². The van der Waals surface area contributed by atoms with Crippen LogP contribution in [-0.2, 0) is 4.84 Å². The summed E-state index contributed by atoms with van der Waals surface area (Å²) in [4.78, 5) is 23.2. The smallest absolute Gasteiger partial charge is 0.346 e. The highest BCUT2D eigenvalue weighted by atomic mass is 16.7. The van der Waals surface area contributed by atoms with E-state index in [4.69, 9.17) is 10.6 Å². The number of pyridine rings is 1. The van der Waals surface area contributed by atoms with E-state index in [-0.39, 0.29) is 18.0 Å². The largest absolute Gasteiger partial charge is 0.366 e. The van der Waals surface area contributed by atoms with Gasteiger partial charge < -0.3 is 11.1 Å². The lowest BCUT2D eigenvalue weighted by Crippen LogP contribution is -2.33. The van der Waals surface area contributed by atoms with E-state index in [1.165, 1.54) is 5.06 Å². The lowest BCUT2D eigenvalue weighted by atomic mass is 10.0. The van der Waals surface area contributed by atoms with Crippen molar-refractivity contribution in [2.75, 3.05) is 17.7 Å². The van der Waals surface area contributed by atoms with Crippen molar-refractivity contribution in [3.05, 3.63) is 78.0 Å². The Hall–Kier alpha value is -3.91. The highest BCUT2D eigenvalue weighted by Gasteiger charge is 2.33. The van der Waals surface area contributed by atoms with Crippen molar-refractivity contribution >= 4 is 23.3 Å². The van der Waals surface area contributed by atoms with Gasteiger partial charge in [0.2, 0.25) is 5.95 Å². The number of carbonyl (C=O) groups excluding carboxylic acids is 1. The first-order valence-corrected chi connectivity index (χ1v) is 11.2. The van der Waals surface area contributed by atoms with Crippen LogP contribution in [-0.4, -0.2) is 32.3 Å². The molecule has 8 heteroatoms. The van der Waals surface area contributed by atoms with Crippen molar-refractivity contribution in [2.24, 2.45) is 0 Å². The number of carbonyl (C=O) groups is 1. The van der Waals surface area contributed by atoms with Gasteiger partial charge in [-0.2, -0.15) is 10.0 Å². The van der Waals surface area contributed by atoms with Crippen molar-refractivity contribution in [1.82, 2.24) is 19.7 Å². The normalized spacial score (nSPS) is 18.1. The molecular formula is C25H24N6O2. The molecule has 3 N–H and O–H groups in total. The number of aromatic nitrogens is 3. The van der Waals surface area contributed by atoms with Crippen LogP contribution in [0, 0.1) is 0 Å². The Bertz CT molecular complexity index is 1330. The lowest BCUT2D eigenvalue weighted by Gasteiger charge is -2.24. The molecule has 0 bridgehead atoms. The summed E-state index contributed by atoms with van der Waals surface area (Å²) in [6, 6.07) is 19.7. The second-order valence-corrected chi connectivity index (χ2v) is 8.57. The average Bonchev–Trinajstić information content (AvgIpc) is 3.42. The number of amides is 2. The SMILES string of the molecule is Nc1nc2ccc(-c3ccc(C4CC4)c(NC(=O)N4OCC[C@H]4c4ccccc4)c3)cn2n1. The van der Waals surface area contributed by atoms with Crippen LogP contribution in [0.5, 0.6) is 0 Å². The Labute approximate surface area is 190 Å². The molecule has 1 aliphatic heterocycles. The molecule has 4 aromatic rings. The van der Waals surface area contributed by atoms with Crippen LogP contribution in [0.1, 0.15) is 42.3 Å². The highest BCUT2D eigenvalue weighted by Crippen LogP contribution is 2.44. The fourth-order valence-corrected chi connectivity index (χ4v) is 4.48. The minimum Gasteiger partial charge on any atom is -0.366 e. The number of nitrogens with two attached hydrogens (primary N) is 1. The number of fused-ring (bicyclic) bond motifs is 1. The predicted molar refractivity (Wildman–Crippen MR) is 125 cm³/mol. The van der Waals surface area contributed by atoms with Gasteiger partial charge in [-0.3, -0.25) is 4.84 Å². The van der Waals surface area contributed by atoms with Crippen LogP contribution in [0.4, 0.5) is 16.4 Å². The maximum absolute atomic E-state index is 13.3. The third kappa shape index (κ3) is 3.78. The summed E-state index contributed by atoms with van der Waals surface area (Å²) in [5.41, 5.74) is 11.4. The lowest BCUT2D eigenvalue weighted by molar-refractivity contribution is -0.0829. The number of hydroxylamine groups is 2. The number of hydrogen-bond acceptors (Lipinski definition) is 5. The molecule has 1 aliphatic carbocycles. The van der Waals surface area contributed by atoms with E-state index < -0.39 is 0 Å². The number of rotatable bonds is 4. The minimum absolute atomic E-state index is 0.0982. The Kier molecular flexibility index (Phi) is 4.73. The first-order valence-electron chi connectivity index (χ1n) is 11.2. The highest BCUT2D eigenvalue weighted by molar-refractivity contribution is 5.91. The average molecular weight is 441 g/mol. The molecule has 2 aliphatic rings. The van der Waals surface area contributed by atoms with Gasteiger partial charge in [-0.05, 0) is 53.6 Å². The van der Waals surface area contributed by atoms with E-state index in [2.05, 4.69) is 27.5 Å². The third-order valence-electron chi connectivity index (χ3n) is 6.28. The standard InChI is InChI=1S/C25H24N6O2/c26-24-28-23-11-9-19(15-30(23)29-24)18-8-10-20(16-6-7-16)21(14-18)27-25(32)31-22(12-13-33-31)17-4-2-1-3-5-17/h1-5,8-11,14-16,22H,6-7,12-13H2,(H2,26,29)(H,27,32)/t22-/m0/s1. The van der Waals surface area contributed by atoms with Crippen LogP contribution in [0.3, 0.4) is 0 Å². The number of nitrogens with zero attached hydrogens (tertiary/aromatic N) is 4. The van der Waals surface area contributed by atoms with Crippen LogP contribution < -0.4 is 11.1 Å². The van der Waals surface area contributed by atoms with Crippen molar-refractivity contribution in [2.45, 2.75) is 31.2 Å². The predicted octanol–water partition coefficient (Wildman–Crippen LogP) is 4.77. The summed E-state index contributed by atoms with van der Waals surface area (Å²) in [5, 5.41) is 8.81. The topological polar surface area (TPSA) is 97.8 Å². The van der Waals surface area contributed by atoms with Gasteiger partial charge in [0.1, 0.15) is 0 Å². The molecule has 2 aromatic carbocycles. The Balaban J connectivity index is 1.31. The monoisotopic (exact) mass is 440 g/mol. The molecule has 1 atom stereocenters. The molecule has 3 heterocycles. The molecule has 166 valence electrons. The maximum Gasteiger partial charge on any atom is 0.346 e. The van der Waals surface area contributed by atoms with Gasteiger partial charge in [0.05, 0.1) is 12.6 Å². The number of anilines is 2. The molecule has 1 saturated carbocycles. The summed E-state index contributed by atoms with van der Waals surface area (Å²) in [6.07, 6.45) is 4.94. The van der Waals surface area contributed by atoms with E-state index in [0.717, 1.165) is 47.2 Å². The van der Waals surface area contributed by atoms with E-state index in [9.17, 15) is 4.79 Å². The zero-order chi connectivity index (χ0) is 22.4.